The molecule has 1 unspecified atom stereocenters. The van der Waals surface area contributed by atoms with Crippen molar-refractivity contribution in [2.45, 2.75) is 104 Å². The van der Waals surface area contributed by atoms with Gasteiger partial charge >= 0.3 is 0 Å². The summed E-state index contributed by atoms with van der Waals surface area (Å²) >= 11 is 0. The second kappa shape index (κ2) is 13.4. The number of ether oxygens (including phenoxy) is 2. The van der Waals surface area contributed by atoms with Crippen LogP contribution in [0.4, 0.5) is 0 Å². The van der Waals surface area contributed by atoms with E-state index in [9.17, 15) is 0 Å². The Balaban J connectivity index is 2.23. The van der Waals surface area contributed by atoms with E-state index in [1.165, 1.54) is 82.6 Å². The monoisotopic (exact) mass is 388 g/mol. The third-order valence-electron chi connectivity index (χ3n) is 6.47. The molecule has 0 aliphatic heterocycles. The van der Waals surface area contributed by atoms with E-state index in [2.05, 4.69) is 51.1 Å². The van der Waals surface area contributed by atoms with E-state index in [4.69, 9.17) is 9.47 Å². The highest BCUT2D eigenvalue weighted by molar-refractivity contribution is 5.22. The van der Waals surface area contributed by atoms with Crippen molar-refractivity contribution < 1.29 is 9.47 Å². The van der Waals surface area contributed by atoms with Gasteiger partial charge in [0.2, 0.25) is 0 Å². The summed E-state index contributed by atoms with van der Waals surface area (Å²) in [5, 5.41) is 0. The lowest BCUT2D eigenvalue weighted by Crippen LogP contribution is -2.45. The van der Waals surface area contributed by atoms with Crippen LogP contribution >= 0.6 is 0 Å². The first-order valence-electron chi connectivity index (χ1n) is 12.1. The van der Waals surface area contributed by atoms with E-state index in [0.717, 1.165) is 0 Å². The van der Waals surface area contributed by atoms with Crippen LogP contribution in [0.3, 0.4) is 0 Å². The van der Waals surface area contributed by atoms with Gasteiger partial charge in [0.25, 0.3) is 0 Å². The van der Waals surface area contributed by atoms with E-state index >= 15 is 0 Å². The average molecular weight is 389 g/mol. The Morgan fingerprint density at radius 1 is 0.821 bits per heavy atom. The summed E-state index contributed by atoms with van der Waals surface area (Å²) in [5.74, 6) is 0.569. The molecule has 0 saturated heterocycles. The first kappa shape index (κ1) is 23.4. The van der Waals surface area contributed by atoms with Crippen molar-refractivity contribution in [1.82, 2.24) is 0 Å². The second-order valence-electron chi connectivity index (χ2n) is 8.46. The fourth-order valence-corrected chi connectivity index (χ4v) is 5.15. The fraction of sp³-hybridized carbons (Fsp3) is 0.769. The molecule has 1 aliphatic rings. The lowest BCUT2D eigenvalue weighted by Gasteiger charge is -2.45. The Bertz CT molecular complexity index is 486. The van der Waals surface area contributed by atoms with Crippen LogP contribution in [0.5, 0.6) is 0 Å². The van der Waals surface area contributed by atoms with E-state index in [1.54, 1.807) is 0 Å². The van der Waals surface area contributed by atoms with Gasteiger partial charge in [0.1, 0.15) is 0 Å². The van der Waals surface area contributed by atoms with Gasteiger partial charge in [0.05, 0.1) is 0 Å². The number of rotatable bonds is 14. The quantitative estimate of drug-likeness (QED) is 0.238. The second-order valence-corrected chi connectivity index (χ2v) is 8.46. The topological polar surface area (TPSA) is 18.5 Å². The largest absolute Gasteiger partial charge is 0.346 e. The normalized spacial score (nSPS) is 17.0. The van der Waals surface area contributed by atoms with Crippen molar-refractivity contribution in [2.75, 3.05) is 13.2 Å². The van der Waals surface area contributed by atoms with Crippen molar-refractivity contribution in [3.8, 4) is 0 Å². The van der Waals surface area contributed by atoms with E-state index in [0.29, 0.717) is 25.0 Å². The van der Waals surface area contributed by atoms with Gasteiger partial charge in [-0.2, -0.15) is 0 Å². The summed E-state index contributed by atoms with van der Waals surface area (Å²) < 4.78 is 13.1. The Labute approximate surface area is 174 Å². The fourth-order valence-electron chi connectivity index (χ4n) is 5.15. The van der Waals surface area contributed by atoms with Gasteiger partial charge in [0.15, 0.2) is 5.79 Å². The van der Waals surface area contributed by atoms with Crippen molar-refractivity contribution in [2.24, 2.45) is 11.8 Å². The molecule has 1 fully saturated rings. The molecule has 160 valence electrons. The summed E-state index contributed by atoms with van der Waals surface area (Å²) in [4.78, 5) is 0. The van der Waals surface area contributed by atoms with Crippen molar-refractivity contribution >= 4 is 0 Å². The minimum absolute atomic E-state index is 0.446. The van der Waals surface area contributed by atoms with Crippen LogP contribution in [0.25, 0.3) is 0 Å². The van der Waals surface area contributed by atoms with Gasteiger partial charge in [0, 0.05) is 24.7 Å². The number of hydrogen-bond acceptors (Lipinski definition) is 2. The number of unbranched alkanes of at least 4 members (excludes halogenated alkanes) is 5. The maximum absolute atomic E-state index is 6.54. The molecule has 2 nitrogen and oxygen atoms in total. The van der Waals surface area contributed by atoms with Crippen LogP contribution in [-0.2, 0) is 15.3 Å². The van der Waals surface area contributed by atoms with E-state index < -0.39 is 5.79 Å². The van der Waals surface area contributed by atoms with Crippen molar-refractivity contribution in [3.05, 3.63) is 35.9 Å². The molecule has 0 aromatic heterocycles. The van der Waals surface area contributed by atoms with Crippen molar-refractivity contribution in [1.29, 1.82) is 0 Å². The van der Waals surface area contributed by atoms with Crippen LogP contribution in [0.2, 0.25) is 0 Å². The molecule has 1 saturated carbocycles. The summed E-state index contributed by atoms with van der Waals surface area (Å²) in [5.41, 5.74) is 1.21. The van der Waals surface area contributed by atoms with Crippen molar-refractivity contribution in [3.63, 3.8) is 0 Å². The van der Waals surface area contributed by atoms with Gasteiger partial charge in [-0.3, -0.25) is 0 Å². The lowest BCUT2D eigenvalue weighted by atomic mass is 9.72. The summed E-state index contributed by atoms with van der Waals surface area (Å²) in [6, 6.07) is 10.8. The highest BCUT2D eigenvalue weighted by Crippen LogP contribution is 2.46. The molecular formula is C26H44O2. The molecule has 0 heterocycles. The minimum Gasteiger partial charge on any atom is -0.346 e. The first-order chi connectivity index (χ1) is 13.8. The third kappa shape index (κ3) is 6.59. The molecule has 0 bridgehead atoms. The maximum atomic E-state index is 6.54. The molecular weight excluding hydrogens is 344 g/mol. The predicted octanol–water partition coefficient (Wildman–Crippen LogP) is 7.86. The Morgan fingerprint density at radius 2 is 1.43 bits per heavy atom. The molecule has 2 heteroatoms. The van der Waals surface area contributed by atoms with E-state index in [1.807, 2.05) is 0 Å². The van der Waals surface area contributed by atoms with Gasteiger partial charge in [-0.15, -0.1) is 0 Å². The third-order valence-corrected chi connectivity index (χ3v) is 6.47. The summed E-state index contributed by atoms with van der Waals surface area (Å²) in [7, 11) is 0. The van der Waals surface area contributed by atoms with Gasteiger partial charge in [-0.05, 0) is 39.0 Å². The van der Waals surface area contributed by atoms with Crippen LogP contribution < -0.4 is 0 Å². The first-order valence-corrected chi connectivity index (χ1v) is 12.1. The van der Waals surface area contributed by atoms with Gasteiger partial charge in [-0.1, -0.05) is 95.0 Å². The average Bonchev–Trinajstić information content (AvgIpc) is 2.74. The zero-order valence-corrected chi connectivity index (χ0v) is 18.8. The minimum atomic E-state index is -0.587. The highest BCUT2D eigenvalue weighted by Gasteiger charge is 2.45. The molecule has 1 aromatic carbocycles. The van der Waals surface area contributed by atoms with Crippen LogP contribution in [-0.4, -0.2) is 13.2 Å². The zero-order chi connectivity index (χ0) is 20.1. The number of hydrogen-bond donors (Lipinski definition) is 0. The Kier molecular flexibility index (Phi) is 11.2. The lowest BCUT2D eigenvalue weighted by molar-refractivity contribution is -0.286. The zero-order valence-electron chi connectivity index (χ0n) is 18.8. The van der Waals surface area contributed by atoms with Gasteiger partial charge in [-0.25, -0.2) is 0 Å². The molecule has 1 aromatic rings. The molecule has 0 N–H and O–H groups in total. The van der Waals surface area contributed by atoms with Gasteiger partial charge < -0.3 is 9.47 Å². The maximum Gasteiger partial charge on any atom is 0.197 e. The number of benzene rings is 1. The molecule has 1 atom stereocenters. The molecule has 28 heavy (non-hydrogen) atoms. The summed E-state index contributed by atoms with van der Waals surface area (Å²) in [6.45, 7) is 7.89. The standard InChI is InChI=1S/C26H44O2/c1-4-7-8-9-10-17-22-25(23-18-13-11-14-19-23)26(27-5-2,28-6-3)24-20-15-12-16-21-24/h12,15-16,20-21,23,25H,4-11,13-14,17-19,22H2,1-3H3. The highest BCUT2D eigenvalue weighted by atomic mass is 16.7. The van der Waals surface area contributed by atoms with Crippen LogP contribution in [0.15, 0.2) is 30.3 Å². The Hall–Kier alpha value is -0.860. The smallest absolute Gasteiger partial charge is 0.197 e. The molecule has 0 amide bonds. The van der Waals surface area contributed by atoms with Crippen LogP contribution in [0.1, 0.15) is 103 Å². The van der Waals surface area contributed by atoms with Crippen LogP contribution in [0, 0.1) is 11.8 Å². The molecule has 0 radical (unpaired) electrons. The molecule has 2 rings (SSSR count). The predicted molar refractivity (Wildman–Crippen MR) is 119 cm³/mol. The molecule has 0 spiro atoms. The molecule has 1 aliphatic carbocycles. The summed E-state index contributed by atoms with van der Waals surface area (Å²) in [6.07, 6.45) is 16.1. The Morgan fingerprint density at radius 3 is 2.04 bits per heavy atom. The SMILES string of the molecule is CCCCCCCCC(C1CCCCC1)C(OCC)(OCC)c1ccccc1. The van der Waals surface area contributed by atoms with E-state index in [-0.39, 0.29) is 0 Å².